The van der Waals surface area contributed by atoms with Crippen molar-refractivity contribution in [1.82, 2.24) is 14.5 Å². The Bertz CT molecular complexity index is 1040. The van der Waals surface area contributed by atoms with E-state index >= 15 is 0 Å². The molecule has 0 aliphatic rings. The first kappa shape index (κ1) is 16.2. The third-order valence-electron chi connectivity index (χ3n) is 4.67. The molecule has 26 heavy (non-hydrogen) atoms. The highest BCUT2D eigenvalue weighted by atomic mass is 15.1. The normalized spacial score (nSPS) is 11.1. The number of H-pyrrole nitrogens is 1. The summed E-state index contributed by atoms with van der Waals surface area (Å²) < 4.78 is 2.19. The molecule has 0 saturated carbocycles. The molecule has 0 fully saturated rings. The van der Waals surface area contributed by atoms with Crippen molar-refractivity contribution < 1.29 is 0 Å². The molecule has 4 nitrogen and oxygen atoms in total. The fraction of sp³-hybridized carbons (Fsp3) is 0.136. The van der Waals surface area contributed by atoms with Crippen LogP contribution < -0.4 is 5.73 Å². The van der Waals surface area contributed by atoms with Crippen LogP contribution >= 0.6 is 0 Å². The van der Waals surface area contributed by atoms with Crippen LogP contribution in [0, 0.1) is 0 Å². The molecule has 2 aromatic carbocycles. The minimum absolute atomic E-state index is 0.630. The second-order valence-corrected chi connectivity index (χ2v) is 6.62. The Labute approximate surface area is 153 Å². The quantitative estimate of drug-likeness (QED) is 0.556. The topological polar surface area (TPSA) is 59.6 Å². The monoisotopic (exact) mass is 342 g/mol. The zero-order valence-electron chi connectivity index (χ0n) is 14.7. The lowest BCUT2D eigenvalue weighted by Gasteiger charge is -2.11. The van der Waals surface area contributed by atoms with Gasteiger partial charge in [-0.1, -0.05) is 49.0 Å². The smallest absolute Gasteiger partial charge is 0.0955 e. The molecule has 4 heteroatoms. The Morgan fingerprint density at radius 3 is 2.73 bits per heavy atom. The van der Waals surface area contributed by atoms with Gasteiger partial charge in [-0.05, 0) is 23.3 Å². The maximum Gasteiger partial charge on any atom is 0.0955 e. The number of nitrogens with two attached hydrogens (primary N) is 1. The van der Waals surface area contributed by atoms with Gasteiger partial charge in [0.2, 0.25) is 0 Å². The molecule has 0 unspecified atom stereocenters. The molecule has 4 aromatic rings. The lowest BCUT2D eigenvalue weighted by atomic mass is 10.1. The summed E-state index contributed by atoms with van der Waals surface area (Å²) in [6, 6.07) is 18.8. The van der Waals surface area contributed by atoms with Crippen molar-refractivity contribution in [3.05, 3.63) is 102 Å². The molecular weight excluding hydrogens is 320 g/mol. The molecule has 0 atom stereocenters. The molecule has 0 bridgehead atoms. The van der Waals surface area contributed by atoms with Gasteiger partial charge in [0.25, 0.3) is 0 Å². The van der Waals surface area contributed by atoms with Crippen LogP contribution in [0.1, 0.15) is 22.5 Å². The highest BCUT2D eigenvalue weighted by molar-refractivity contribution is 5.82. The van der Waals surface area contributed by atoms with Crippen LogP contribution in [-0.4, -0.2) is 14.5 Å². The number of rotatable bonds is 6. The van der Waals surface area contributed by atoms with Crippen molar-refractivity contribution in [2.75, 3.05) is 0 Å². The van der Waals surface area contributed by atoms with E-state index in [-0.39, 0.29) is 0 Å². The average molecular weight is 342 g/mol. The van der Waals surface area contributed by atoms with Crippen molar-refractivity contribution in [3.63, 3.8) is 0 Å². The zero-order chi connectivity index (χ0) is 17.9. The first-order valence-electron chi connectivity index (χ1n) is 8.76. The van der Waals surface area contributed by atoms with Gasteiger partial charge in [0.1, 0.15) is 0 Å². The molecule has 2 heterocycles. The summed E-state index contributed by atoms with van der Waals surface area (Å²) in [5, 5.41) is 1.24. The summed E-state index contributed by atoms with van der Waals surface area (Å²) in [6.45, 7) is 4.66. The summed E-state index contributed by atoms with van der Waals surface area (Å²) in [5.41, 5.74) is 12.4. The number of aromatic amines is 1. The van der Waals surface area contributed by atoms with Crippen LogP contribution in [0.15, 0.2) is 79.4 Å². The third kappa shape index (κ3) is 3.26. The summed E-state index contributed by atoms with van der Waals surface area (Å²) in [7, 11) is 0. The second kappa shape index (κ2) is 6.92. The Morgan fingerprint density at radius 2 is 1.92 bits per heavy atom. The van der Waals surface area contributed by atoms with Crippen LogP contribution in [0.2, 0.25) is 0 Å². The fourth-order valence-corrected chi connectivity index (χ4v) is 3.41. The number of hydrogen-bond donors (Lipinski definition) is 2. The predicted octanol–water partition coefficient (Wildman–Crippen LogP) is 4.02. The van der Waals surface area contributed by atoms with E-state index in [4.69, 9.17) is 5.73 Å². The number of allylic oxidation sites excluding steroid dienone is 1. The summed E-state index contributed by atoms with van der Waals surface area (Å²) in [6.07, 6.45) is 5.32. The molecule has 0 radical (unpaired) electrons. The van der Waals surface area contributed by atoms with Gasteiger partial charge >= 0.3 is 0 Å². The molecular formula is C22H22N4. The third-order valence-corrected chi connectivity index (χ3v) is 4.67. The van der Waals surface area contributed by atoms with E-state index in [2.05, 4.69) is 69.6 Å². The van der Waals surface area contributed by atoms with Crippen LogP contribution in [-0.2, 0) is 19.4 Å². The van der Waals surface area contributed by atoms with Crippen LogP contribution in [0.3, 0.4) is 0 Å². The largest absolute Gasteiger partial charge is 0.402 e. The van der Waals surface area contributed by atoms with Crippen molar-refractivity contribution in [3.8, 4) is 0 Å². The van der Waals surface area contributed by atoms with Crippen LogP contribution in [0.25, 0.3) is 10.9 Å². The van der Waals surface area contributed by atoms with Crippen molar-refractivity contribution in [1.29, 1.82) is 0 Å². The Hall–Kier alpha value is -3.27. The second-order valence-electron chi connectivity index (χ2n) is 6.62. The number of nitrogens with zero attached hydrogens (tertiary/aromatic N) is 2. The number of fused-ring (bicyclic) bond motifs is 1. The van der Waals surface area contributed by atoms with Gasteiger partial charge in [0.05, 0.1) is 12.0 Å². The average Bonchev–Trinajstić information content (AvgIpc) is 3.25. The van der Waals surface area contributed by atoms with E-state index in [1.807, 2.05) is 18.6 Å². The molecule has 3 N–H and O–H groups in total. The Balaban J connectivity index is 1.69. The molecule has 0 aliphatic heterocycles. The maximum atomic E-state index is 5.94. The summed E-state index contributed by atoms with van der Waals surface area (Å²) >= 11 is 0. The van der Waals surface area contributed by atoms with Gasteiger partial charge in [-0.2, -0.15) is 0 Å². The minimum atomic E-state index is 0.630. The van der Waals surface area contributed by atoms with E-state index in [0.29, 0.717) is 12.1 Å². The van der Waals surface area contributed by atoms with E-state index in [1.54, 1.807) is 0 Å². The summed E-state index contributed by atoms with van der Waals surface area (Å²) in [5.74, 6) is 0. The van der Waals surface area contributed by atoms with E-state index in [0.717, 1.165) is 29.9 Å². The highest BCUT2D eigenvalue weighted by Crippen LogP contribution is 2.21. The first-order chi connectivity index (χ1) is 12.7. The van der Waals surface area contributed by atoms with Crippen molar-refractivity contribution >= 4 is 10.9 Å². The zero-order valence-corrected chi connectivity index (χ0v) is 14.7. The SMILES string of the molecule is C=C(N)Cc1c(Cc2ccccc2)ncn1Cc1cccc2[nH]ccc12. The predicted molar refractivity (Wildman–Crippen MR) is 106 cm³/mol. The number of benzene rings is 2. The van der Waals surface area contributed by atoms with Gasteiger partial charge in [0, 0.05) is 47.9 Å². The molecule has 0 saturated heterocycles. The van der Waals surface area contributed by atoms with E-state index in [9.17, 15) is 0 Å². The molecule has 0 spiro atoms. The fourth-order valence-electron chi connectivity index (χ4n) is 3.41. The number of aromatic nitrogens is 3. The van der Waals surface area contributed by atoms with Gasteiger partial charge < -0.3 is 15.3 Å². The van der Waals surface area contributed by atoms with Gasteiger partial charge in [0.15, 0.2) is 0 Å². The van der Waals surface area contributed by atoms with Crippen LogP contribution in [0.5, 0.6) is 0 Å². The number of imidazole rings is 1. The van der Waals surface area contributed by atoms with Crippen molar-refractivity contribution in [2.24, 2.45) is 5.73 Å². The molecule has 2 aromatic heterocycles. The highest BCUT2D eigenvalue weighted by Gasteiger charge is 2.13. The Kier molecular flexibility index (Phi) is 4.32. The van der Waals surface area contributed by atoms with Gasteiger partial charge in [-0.25, -0.2) is 4.98 Å². The van der Waals surface area contributed by atoms with E-state index < -0.39 is 0 Å². The standard InChI is InChI=1S/C22H22N4/c1-16(23)12-22-21(13-17-6-3-2-4-7-17)25-15-26(22)14-18-8-5-9-20-19(18)10-11-24-20/h2-11,15,24H,1,12-14,23H2. The summed E-state index contributed by atoms with van der Waals surface area (Å²) in [4.78, 5) is 7.96. The van der Waals surface area contributed by atoms with E-state index in [1.165, 1.54) is 16.5 Å². The van der Waals surface area contributed by atoms with Crippen LogP contribution in [0.4, 0.5) is 0 Å². The molecule has 0 amide bonds. The van der Waals surface area contributed by atoms with Crippen molar-refractivity contribution in [2.45, 2.75) is 19.4 Å². The Morgan fingerprint density at radius 1 is 1.08 bits per heavy atom. The number of hydrogen-bond acceptors (Lipinski definition) is 2. The maximum absolute atomic E-state index is 5.94. The minimum Gasteiger partial charge on any atom is -0.402 e. The molecule has 0 aliphatic carbocycles. The number of nitrogens with one attached hydrogen (secondary N) is 1. The van der Waals surface area contributed by atoms with Gasteiger partial charge in [-0.3, -0.25) is 0 Å². The van der Waals surface area contributed by atoms with Gasteiger partial charge in [-0.15, -0.1) is 0 Å². The lowest BCUT2D eigenvalue weighted by molar-refractivity contribution is 0.750. The first-order valence-corrected chi connectivity index (χ1v) is 8.76. The molecule has 4 rings (SSSR count). The lowest BCUT2D eigenvalue weighted by Crippen LogP contribution is -2.10. The molecule has 130 valence electrons.